The number of nitrogens with one attached hydrogen (secondary N) is 3. The van der Waals surface area contributed by atoms with E-state index in [9.17, 15) is 22.8 Å². The first-order valence-corrected chi connectivity index (χ1v) is 23.2. The van der Waals surface area contributed by atoms with Crippen LogP contribution in [0.5, 0.6) is 17.2 Å². The number of aromatic nitrogens is 4. The molecule has 358 valence electrons. The lowest BCUT2D eigenvalue weighted by molar-refractivity contribution is -0.274. The molecule has 0 unspecified atom stereocenters. The van der Waals surface area contributed by atoms with Gasteiger partial charge in [-0.05, 0) is 125 Å². The Morgan fingerprint density at radius 1 is 0.676 bits per heavy atom. The number of rotatable bonds is 12. The van der Waals surface area contributed by atoms with Gasteiger partial charge in [0.15, 0.2) is 13.2 Å². The van der Waals surface area contributed by atoms with Crippen LogP contribution in [-0.4, -0.2) is 115 Å². The molecular weight excluding hydrogens is 924 g/mol. The van der Waals surface area contributed by atoms with Crippen molar-refractivity contribution in [1.29, 1.82) is 0 Å². The second kappa shape index (κ2) is 21.8. The highest BCUT2D eigenvalue weighted by atomic mass is 35.5. The Hall–Kier alpha value is -6.21. The topological polar surface area (TPSA) is 159 Å². The molecule has 3 fully saturated rings. The molecule has 2 aromatic heterocycles. The molecule has 0 spiro atoms. The first kappa shape index (κ1) is 48.3. The zero-order chi connectivity index (χ0) is 47.8. The molecule has 5 heterocycles. The molecule has 15 nitrogen and oxygen atoms in total. The number of aryl methyl sites for hydroxylation is 2. The van der Waals surface area contributed by atoms with Crippen LogP contribution in [0.1, 0.15) is 37.1 Å². The SMILES string of the molecule is Cc1nc(N2CCC(N3CCCC3)CC2)nc2ccc(NC(=O)COc3ccc(OC(F)(F)F)cc3Cl)cc12.Cc1nc(N2CCNCC2)nc2ccc(NC(=O)COc3ccc(Cl)cc3)cc12. The maximum atomic E-state index is 12.5. The van der Waals surface area contributed by atoms with Crippen LogP contribution in [0.25, 0.3) is 21.8 Å². The van der Waals surface area contributed by atoms with E-state index in [2.05, 4.69) is 40.4 Å². The summed E-state index contributed by atoms with van der Waals surface area (Å²) in [6.07, 6.45) is -0.001000. The number of likely N-dealkylation sites (tertiary alicyclic amines) is 1. The first-order chi connectivity index (χ1) is 32.7. The van der Waals surface area contributed by atoms with Gasteiger partial charge in [-0.2, -0.15) is 0 Å². The van der Waals surface area contributed by atoms with E-state index in [1.807, 2.05) is 44.2 Å². The summed E-state index contributed by atoms with van der Waals surface area (Å²) in [6, 6.07) is 21.8. The second-order valence-electron chi connectivity index (χ2n) is 16.6. The molecule has 3 aliphatic heterocycles. The molecule has 3 N–H and O–H groups in total. The van der Waals surface area contributed by atoms with Crippen LogP contribution in [0.2, 0.25) is 10.0 Å². The Labute approximate surface area is 401 Å². The number of ether oxygens (including phenoxy) is 3. The number of piperidine rings is 1. The van der Waals surface area contributed by atoms with E-state index in [4.69, 9.17) is 47.6 Å². The van der Waals surface area contributed by atoms with Crippen LogP contribution in [0, 0.1) is 13.8 Å². The summed E-state index contributed by atoms with van der Waals surface area (Å²) in [6.45, 7) is 11.4. The van der Waals surface area contributed by atoms with E-state index in [1.54, 1.807) is 30.3 Å². The lowest BCUT2D eigenvalue weighted by Crippen LogP contribution is -2.44. The van der Waals surface area contributed by atoms with Gasteiger partial charge in [0.25, 0.3) is 11.8 Å². The number of piperazine rings is 1. The highest BCUT2D eigenvalue weighted by Crippen LogP contribution is 2.32. The minimum Gasteiger partial charge on any atom is -0.484 e. The van der Waals surface area contributed by atoms with E-state index in [1.165, 1.54) is 32.0 Å². The van der Waals surface area contributed by atoms with Gasteiger partial charge in [-0.1, -0.05) is 23.2 Å². The predicted molar refractivity (Wildman–Crippen MR) is 258 cm³/mol. The van der Waals surface area contributed by atoms with E-state index in [-0.39, 0.29) is 29.9 Å². The first-order valence-electron chi connectivity index (χ1n) is 22.4. The third-order valence-corrected chi connectivity index (χ3v) is 12.3. The molecule has 0 bridgehead atoms. The van der Waals surface area contributed by atoms with Gasteiger partial charge < -0.3 is 44.9 Å². The van der Waals surface area contributed by atoms with Gasteiger partial charge in [0, 0.05) is 78.5 Å². The van der Waals surface area contributed by atoms with Crippen LogP contribution in [0.15, 0.2) is 78.9 Å². The van der Waals surface area contributed by atoms with Crippen LogP contribution in [-0.2, 0) is 9.59 Å². The van der Waals surface area contributed by atoms with E-state index >= 15 is 0 Å². The van der Waals surface area contributed by atoms with Crippen molar-refractivity contribution in [3.8, 4) is 17.2 Å². The van der Waals surface area contributed by atoms with Crippen molar-refractivity contribution in [2.45, 2.75) is 51.9 Å². The molecule has 4 aromatic carbocycles. The van der Waals surface area contributed by atoms with Crippen molar-refractivity contribution in [2.75, 3.05) is 86.0 Å². The number of carbonyl (C=O) groups excluding carboxylic acids is 2. The Kier molecular flexibility index (Phi) is 15.5. The molecule has 9 rings (SSSR count). The molecule has 0 saturated carbocycles. The van der Waals surface area contributed by atoms with Crippen LogP contribution in [0.4, 0.5) is 36.4 Å². The van der Waals surface area contributed by atoms with Crippen molar-refractivity contribution >= 4 is 80.1 Å². The number of benzene rings is 4. The molecule has 3 saturated heterocycles. The minimum absolute atomic E-state index is 0.0566. The molecule has 20 heteroatoms. The predicted octanol–water partition coefficient (Wildman–Crippen LogP) is 8.59. The van der Waals surface area contributed by atoms with Crippen LogP contribution in [0.3, 0.4) is 0 Å². The van der Waals surface area contributed by atoms with Gasteiger partial charge in [-0.3, -0.25) is 9.59 Å². The average molecular weight is 976 g/mol. The van der Waals surface area contributed by atoms with E-state index in [0.717, 1.165) is 109 Å². The molecule has 6 aromatic rings. The standard InChI is InChI=1S/C27H29ClF3N5O3.C21H22ClN5O2/c1-17-21-14-18(33-25(37)16-38-24-7-5-20(15-22(24)28)39-27(29,30)31)4-6-23(21)34-26(32-17)36-12-8-19(9-13-36)35-10-2-3-11-35;1-14-18-12-16(25-20(28)13-29-17-5-2-15(22)3-6-17)4-7-19(18)26-21(24-14)27-10-8-23-9-11-27/h4-7,14-15,19H,2-3,8-13,16H2,1H3,(H,33,37);2-7,12,23H,8-11,13H2,1H3,(H,25,28). The highest BCUT2D eigenvalue weighted by molar-refractivity contribution is 6.32. The summed E-state index contributed by atoms with van der Waals surface area (Å²) in [7, 11) is 0. The summed E-state index contributed by atoms with van der Waals surface area (Å²) in [5.41, 5.74) is 4.59. The van der Waals surface area contributed by atoms with Gasteiger partial charge in [-0.25, -0.2) is 19.9 Å². The zero-order valence-corrected chi connectivity index (χ0v) is 39.1. The van der Waals surface area contributed by atoms with E-state index in [0.29, 0.717) is 28.2 Å². The number of carbonyl (C=O) groups is 2. The largest absolute Gasteiger partial charge is 0.573 e. The van der Waals surface area contributed by atoms with Crippen molar-refractivity contribution < 1.29 is 37.0 Å². The van der Waals surface area contributed by atoms with Crippen LogP contribution >= 0.6 is 23.2 Å². The highest BCUT2D eigenvalue weighted by Gasteiger charge is 2.31. The molecule has 68 heavy (non-hydrogen) atoms. The Balaban J connectivity index is 0.000000192. The molecule has 3 aliphatic rings. The summed E-state index contributed by atoms with van der Waals surface area (Å²) in [5.74, 6) is 0.951. The lowest BCUT2D eigenvalue weighted by atomic mass is 10.0. The smallest absolute Gasteiger partial charge is 0.484 e. The van der Waals surface area contributed by atoms with Crippen LogP contribution < -0.4 is 40.0 Å². The second-order valence-corrected chi connectivity index (χ2v) is 17.5. The van der Waals surface area contributed by atoms with Crippen molar-refractivity contribution in [1.82, 2.24) is 30.2 Å². The fourth-order valence-electron chi connectivity index (χ4n) is 8.39. The summed E-state index contributed by atoms with van der Waals surface area (Å²) in [4.78, 5) is 50.6. The maximum absolute atomic E-state index is 12.5. The zero-order valence-electron chi connectivity index (χ0n) is 37.5. The van der Waals surface area contributed by atoms with Crippen molar-refractivity contribution in [3.05, 3.63) is 100 Å². The number of halogens is 5. The Morgan fingerprint density at radius 3 is 1.75 bits per heavy atom. The third-order valence-electron chi connectivity index (χ3n) is 11.8. The summed E-state index contributed by atoms with van der Waals surface area (Å²) >= 11 is 11.8. The van der Waals surface area contributed by atoms with Crippen molar-refractivity contribution in [3.63, 3.8) is 0 Å². The number of anilines is 4. The molecule has 0 aliphatic carbocycles. The molecular formula is C48H51Cl2F3N10O5. The molecule has 0 radical (unpaired) electrons. The molecule has 0 atom stereocenters. The normalized spacial score (nSPS) is 15.8. The van der Waals surface area contributed by atoms with Gasteiger partial charge >= 0.3 is 6.36 Å². The van der Waals surface area contributed by atoms with E-state index < -0.39 is 18.0 Å². The van der Waals surface area contributed by atoms with Gasteiger partial charge in [-0.15, -0.1) is 13.2 Å². The maximum Gasteiger partial charge on any atom is 0.573 e. The fraction of sp³-hybridized carbons (Fsp3) is 0.375. The minimum atomic E-state index is -4.83. The Bertz CT molecular complexity index is 2730. The molecule has 2 amide bonds. The Morgan fingerprint density at radius 2 is 1.21 bits per heavy atom. The van der Waals surface area contributed by atoms with Crippen molar-refractivity contribution in [2.24, 2.45) is 0 Å². The third kappa shape index (κ3) is 12.9. The number of hydrogen-bond donors (Lipinski definition) is 3. The number of amides is 2. The number of fused-ring (bicyclic) bond motifs is 2. The van der Waals surface area contributed by atoms with Gasteiger partial charge in [0.1, 0.15) is 17.2 Å². The number of nitrogens with zero attached hydrogens (tertiary/aromatic N) is 7. The van der Waals surface area contributed by atoms with Gasteiger partial charge in [0.05, 0.1) is 27.4 Å². The van der Waals surface area contributed by atoms with Gasteiger partial charge in [0.2, 0.25) is 11.9 Å². The average Bonchev–Trinajstić information content (AvgIpc) is 3.87. The quantitative estimate of drug-likeness (QED) is 0.107. The fourth-order valence-corrected chi connectivity index (χ4v) is 8.74. The summed E-state index contributed by atoms with van der Waals surface area (Å²) in [5, 5.41) is 11.2. The number of hydrogen-bond acceptors (Lipinski definition) is 13. The number of alkyl halides is 3. The summed E-state index contributed by atoms with van der Waals surface area (Å²) < 4.78 is 51.8. The monoisotopic (exact) mass is 974 g/mol. The lowest BCUT2D eigenvalue weighted by Gasteiger charge is -2.36.